The van der Waals surface area contributed by atoms with Gasteiger partial charge in [-0.1, -0.05) is 105 Å². The van der Waals surface area contributed by atoms with Gasteiger partial charge in [0, 0.05) is 16.3 Å². The van der Waals surface area contributed by atoms with Crippen LogP contribution in [-0.2, 0) is 5.41 Å². The maximum absolute atomic E-state index is 8.75. The largest absolute Gasteiger partial charge is 0.455 e. The van der Waals surface area contributed by atoms with Crippen molar-refractivity contribution in [2.45, 2.75) is 33.1 Å². The van der Waals surface area contributed by atoms with Crippen LogP contribution in [0.2, 0.25) is 0 Å². The van der Waals surface area contributed by atoms with Crippen molar-refractivity contribution in [1.29, 1.82) is 0 Å². The van der Waals surface area contributed by atoms with Crippen molar-refractivity contribution in [3.63, 3.8) is 0 Å². The minimum absolute atomic E-state index is 0.0562. The van der Waals surface area contributed by atoms with E-state index >= 15 is 0 Å². The van der Waals surface area contributed by atoms with Crippen molar-refractivity contribution >= 4 is 21.9 Å². The first-order valence-electron chi connectivity index (χ1n) is 12.2. The molecule has 5 rings (SSSR count). The van der Waals surface area contributed by atoms with Crippen molar-refractivity contribution < 1.29 is 9.90 Å². The molecule has 5 aromatic rings. The second-order valence-corrected chi connectivity index (χ2v) is 8.76. The molecule has 0 N–H and O–H groups in total. The van der Waals surface area contributed by atoms with E-state index in [4.69, 9.17) is 9.90 Å². The van der Waals surface area contributed by atoms with E-state index < -0.39 is 0 Å². The van der Waals surface area contributed by atoms with Crippen LogP contribution in [0.15, 0.2) is 89.3 Å². The number of rotatable bonds is 2. The third kappa shape index (κ3) is 3.02. The van der Waals surface area contributed by atoms with E-state index in [-0.39, 0.29) is 29.6 Å². The van der Waals surface area contributed by atoms with Crippen molar-refractivity contribution in [1.82, 2.24) is 0 Å². The Morgan fingerprint density at radius 2 is 1.47 bits per heavy atom. The molecule has 0 saturated carbocycles. The van der Waals surface area contributed by atoms with E-state index in [2.05, 4.69) is 45.0 Å². The summed E-state index contributed by atoms with van der Waals surface area (Å²) in [5.74, 6) is 0. The molecule has 0 unspecified atom stereocenters. The standard InChI is InChI=1S/C29H26O/c1-19-10-7-11-20(18-19)21-13-8-14-23(27(21)29(2,3)4)25-16-9-15-24-22-12-5-6-17-26(22)30-28(24)25/h5-18H,1-4H3/i7D,10D,11D,18D. The Bertz CT molecular complexity index is 1560. The lowest BCUT2D eigenvalue weighted by Gasteiger charge is -2.27. The highest BCUT2D eigenvalue weighted by Gasteiger charge is 2.25. The van der Waals surface area contributed by atoms with Crippen molar-refractivity contribution in [3.8, 4) is 22.3 Å². The van der Waals surface area contributed by atoms with Crippen LogP contribution in [0, 0.1) is 6.92 Å². The fourth-order valence-corrected chi connectivity index (χ4v) is 4.32. The van der Waals surface area contributed by atoms with Gasteiger partial charge in [-0.15, -0.1) is 0 Å². The average Bonchev–Trinajstić information content (AvgIpc) is 3.20. The number of hydrogen-bond donors (Lipinski definition) is 0. The lowest BCUT2D eigenvalue weighted by molar-refractivity contribution is 0.593. The summed E-state index contributed by atoms with van der Waals surface area (Å²) in [7, 11) is 0. The highest BCUT2D eigenvalue weighted by atomic mass is 16.3. The Morgan fingerprint density at radius 1 is 0.767 bits per heavy atom. The molecule has 0 saturated heterocycles. The Labute approximate surface area is 183 Å². The fraction of sp³-hybridized carbons (Fsp3) is 0.172. The van der Waals surface area contributed by atoms with E-state index in [0.717, 1.165) is 44.2 Å². The number of benzene rings is 4. The molecular formula is C29H26O. The van der Waals surface area contributed by atoms with Gasteiger partial charge in [0.15, 0.2) is 0 Å². The number of hydrogen-bond acceptors (Lipinski definition) is 1. The highest BCUT2D eigenvalue weighted by molar-refractivity contribution is 6.10. The molecule has 1 aromatic heterocycles. The molecular weight excluding hydrogens is 364 g/mol. The van der Waals surface area contributed by atoms with Gasteiger partial charge in [-0.2, -0.15) is 0 Å². The third-order valence-corrected chi connectivity index (χ3v) is 5.53. The fourth-order valence-electron chi connectivity index (χ4n) is 4.32. The summed E-state index contributed by atoms with van der Waals surface area (Å²) in [6, 6.07) is 19.9. The van der Waals surface area contributed by atoms with E-state index in [1.54, 1.807) is 6.92 Å². The van der Waals surface area contributed by atoms with Crippen LogP contribution in [-0.4, -0.2) is 0 Å². The van der Waals surface area contributed by atoms with Gasteiger partial charge in [0.05, 0.1) is 5.48 Å². The third-order valence-electron chi connectivity index (χ3n) is 5.53. The second-order valence-electron chi connectivity index (χ2n) is 8.76. The summed E-state index contributed by atoms with van der Waals surface area (Å²) in [6.45, 7) is 8.04. The maximum Gasteiger partial charge on any atom is 0.143 e. The van der Waals surface area contributed by atoms with Crippen LogP contribution < -0.4 is 0 Å². The highest BCUT2D eigenvalue weighted by Crippen LogP contribution is 2.43. The monoisotopic (exact) mass is 394 g/mol. The Morgan fingerprint density at radius 3 is 2.30 bits per heavy atom. The van der Waals surface area contributed by atoms with Crippen molar-refractivity contribution in [3.05, 3.63) is 96.0 Å². The van der Waals surface area contributed by atoms with Gasteiger partial charge >= 0.3 is 0 Å². The van der Waals surface area contributed by atoms with Crippen molar-refractivity contribution in [2.75, 3.05) is 0 Å². The molecule has 0 spiro atoms. The van der Waals surface area contributed by atoms with Gasteiger partial charge < -0.3 is 4.42 Å². The lowest BCUT2D eigenvalue weighted by atomic mass is 9.77. The first-order chi connectivity index (χ1) is 16.1. The molecule has 0 atom stereocenters. The maximum atomic E-state index is 8.75. The van der Waals surface area contributed by atoms with Gasteiger partial charge in [-0.3, -0.25) is 0 Å². The van der Waals surface area contributed by atoms with Gasteiger partial charge in [-0.05, 0) is 40.7 Å². The predicted molar refractivity (Wildman–Crippen MR) is 128 cm³/mol. The SMILES string of the molecule is [2H]c1c([2H])c(C)c([2H])c(-c2cccc(-c3cccc4c3oc3ccccc34)c2C(C)(C)C)c1[2H]. The van der Waals surface area contributed by atoms with Gasteiger partial charge in [0.1, 0.15) is 11.2 Å². The van der Waals surface area contributed by atoms with Crippen LogP contribution in [0.25, 0.3) is 44.2 Å². The Balaban J connectivity index is 1.90. The smallest absolute Gasteiger partial charge is 0.143 e. The van der Waals surface area contributed by atoms with E-state index in [1.165, 1.54) is 0 Å². The Kier molecular flexibility index (Phi) is 3.36. The number of para-hydroxylation sites is 2. The van der Waals surface area contributed by atoms with Crippen LogP contribution in [0.5, 0.6) is 0 Å². The zero-order valence-electron chi connectivity index (χ0n) is 21.7. The van der Waals surface area contributed by atoms with Crippen molar-refractivity contribution in [2.24, 2.45) is 0 Å². The topological polar surface area (TPSA) is 13.1 Å². The molecule has 0 bridgehead atoms. The molecule has 0 aliphatic rings. The molecule has 1 nitrogen and oxygen atoms in total. The molecule has 30 heavy (non-hydrogen) atoms. The summed E-state index contributed by atoms with van der Waals surface area (Å²) in [5.41, 5.74) is 5.82. The van der Waals surface area contributed by atoms with Crippen LogP contribution >= 0.6 is 0 Å². The summed E-state index contributed by atoms with van der Waals surface area (Å²) < 4.78 is 40.2. The number of fused-ring (bicyclic) bond motifs is 3. The zero-order chi connectivity index (χ0) is 24.4. The number of furan rings is 1. The molecule has 148 valence electrons. The molecule has 0 aliphatic heterocycles. The minimum Gasteiger partial charge on any atom is -0.455 e. The molecule has 4 aromatic carbocycles. The molecule has 0 amide bonds. The first kappa shape index (κ1) is 14.6. The first-order valence-corrected chi connectivity index (χ1v) is 10.2. The quantitative estimate of drug-likeness (QED) is 0.292. The predicted octanol–water partition coefficient (Wildman–Crippen LogP) is 8.53. The zero-order valence-corrected chi connectivity index (χ0v) is 17.7. The molecule has 0 radical (unpaired) electrons. The lowest BCUT2D eigenvalue weighted by Crippen LogP contribution is -2.14. The summed E-state index contributed by atoms with van der Waals surface area (Å²) >= 11 is 0. The van der Waals surface area contributed by atoms with E-state index in [9.17, 15) is 0 Å². The molecule has 1 heteroatoms. The van der Waals surface area contributed by atoms with Gasteiger partial charge in [0.2, 0.25) is 0 Å². The summed E-state index contributed by atoms with van der Waals surface area (Å²) in [5, 5.41) is 2.11. The van der Waals surface area contributed by atoms with Crippen LogP contribution in [0.1, 0.15) is 37.4 Å². The van der Waals surface area contributed by atoms with Gasteiger partial charge in [-0.25, -0.2) is 0 Å². The second kappa shape index (κ2) is 6.88. The molecule has 0 aliphatic carbocycles. The van der Waals surface area contributed by atoms with E-state index in [0.29, 0.717) is 11.1 Å². The normalized spacial score (nSPS) is 13.9. The summed E-state index contributed by atoms with van der Waals surface area (Å²) in [4.78, 5) is 0. The Hall–Kier alpha value is -3.32. The summed E-state index contributed by atoms with van der Waals surface area (Å²) in [6.07, 6.45) is 0. The van der Waals surface area contributed by atoms with Crippen LogP contribution in [0.3, 0.4) is 0 Å². The van der Waals surface area contributed by atoms with E-state index in [1.807, 2.05) is 36.4 Å². The molecule has 1 heterocycles. The van der Waals surface area contributed by atoms with Gasteiger partial charge in [0.25, 0.3) is 0 Å². The molecule has 0 fully saturated rings. The average molecular weight is 395 g/mol. The minimum atomic E-state index is -0.325. The van der Waals surface area contributed by atoms with Crippen LogP contribution in [0.4, 0.5) is 0 Å².